The lowest BCUT2D eigenvalue weighted by atomic mass is 10.1. The average Bonchev–Trinajstić information content (AvgIpc) is 2.58. The Morgan fingerprint density at radius 3 is 2.44 bits per heavy atom. The van der Waals surface area contributed by atoms with Crippen LogP contribution >= 0.6 is 0 Å². The van der Waals surface area contributed by atoms with E-state index in [1.807, 2.05) is 18.9 Å². The van der Waals surface area contributed by atoms with Crippen molar-refractivity contribution in [3.8, 4) is 0 Å². The van der Waals surface area contributed by atoms with Gasteiger partial charge in [-0.15, -0.1) is 0 Å². The van der Waals surface area contributed by atoms with Gasteiger partial charge in [0.2, 0.25) is 5.91 Å². The molecule has 1 N–H and O–H groups in total. The van der Waals surface area contributed by atoms with Crippen molar-refractivity contribution in [3.05, 3.63) is 0 Å². The molecule has 0 spiro atoms. The average molecular weight is 276 g/mol. The van der Waals surface area contributed by atoms with Gasteiger partial charge in [-0.1, -0.05) is 13.8 Å². The Balaban J connectivity index is 2.41. The summed E-state index contributed by atoms with van der Waals surface area (Å²) in [5, 5.41) is 2.92. The molecule has 0 aliphatic carbocycles. The first-order chi connectivity index (χ1) is 8.21. The van der Waals surface area contributed by atoms with Gasteiger partial charge in [0, 0.05) is 12.1 Å². The number of likely N-dealkylation sites (N-methyl/N-ethyl adjacent to an activating group) is 1. The van der Waals surface area contributed by atoms with Gasteiger partial charge < -0.3 is 5.32 Å². The summed E-state index contributed by atoms with van der Waals surface area (Å²) in [6.45, 7) is 6.34. The van der Waals surface area contributed by atoms with E-state index in [1.165, 1.54) is 0 Å². The molecular formula is C12H24N2O3S. The van der Waals surface area contributed by atoms with Gasteiger partial charge in [0.15, 0.2) is 9.84 Å². The molecule has 0 aromatic heterocycles. The highest BCUT2D eigenvalue weighted by atomic mass is 32.2. The van der Waals surface area contributed by atoms with Gasteiger partial charge in [0.1, 0.15) is 0 Å². The lowest BCUT2D eigenvalue weighted by Gasteiger charge is -2.24. The number of nitrogens with zero attached hydrogens (tertiary/aromatic N) is 1. The second-order valence-corrected chi connectivity index (χ2v) is 7.80. The normalized spacial score (nSPS) is 24.4. The molecule has 1 aliphatic heterocycles. The minimum atomic E-state index is -2.89. The molecule has 1 fully saturated rings. The third-order valence-corrected chi connectivity index (χ3v) is 5.36. The number of nitrogens with one attached hydrogen (secondary N) is 1. The molecule has 0 bridgehead atoms. The number of rotatable bonds is 5. The van der Waals surface area contributed by atoms with Gasteiger partial charge in [-0.3, -0.25) is 9.69 Å². The summed E-state index contributed by atoms with van der Waals surface area (Å²) in [5.41, 5.74) is 0. The zero-order chi connectivity index (χ0) is 13.9. The predicted molar refractivity (Wildman–Crippen MR) is 72.1 cm³/mol. The number of carbonyl (C=O) groups excluding carboxylic acids is 1. The van der Waals surface area contributed by atoms with Gasteiger partial charge in [-0.25, -0.2) is 8.42 Å². The van der Waals surface area contributed by atoms with E-state index >= 15 is 0 Å². The molecule has 106 valence electrons. The monoisotopic (exact) mass is 276 g/mol. The molecule has 1 heterocycles. The zero-order valence-electron chi connectivity index (χ0n) is 11.6. The van der Waals surface area contributed by atoms with Crippen molar-refractivity contribution in [2.75, 3.05) is 25.1 Å². The van der Waals surface area contributed by atoms with Gasteiger partial charge in [-0.2, -0.15) is 0 Å². The molecule has 1 amide bonds. The fraction of sp³-hybridized carbons (Fsp3) is 0.917. The molecule has 5 nitrogen and oxygen atoms in total. The molecule has 0 saturated carbocycles. The minimum absolute atomic E-state index is 0.0184. The number of hydrogen-bond donors (Lipinski definition) is 1. The van der Waals surface area contributed by atoms with Crippen LogP contribution in [0.3, 0.4) is 0 Å². The van der Waals surface area contributed by atoms with E-state index < -0.39 is 9.84 Å². The van der Waals surface area contributed by atoms with Crippen LogP contribution in [0, 0.1) is 5.92 Å². The fourth-order valence-electron chi connectivity index (χ4n) is 1.94. The summed E-state index contributed by atoms with van der Waals surface area (Å²) in [5.74, 6) is 0.775. The molecular weight excluding hydrogens is 252 g/mol. The van der Waals surface area contributed by atoms with E-state index in [0.29, 0.717) is 12.3 Å². The summed E-state index contributed by atoms with van der Waals surface area (Å²) in [7, 11) is -1.08. The van der Waals surface area contributed by atoms with Crippen molar-refractivity contribution in [3.63, 3.8) is 0 Å². The standard InChI is InChI=1S/C12H24N2O3S/c1-9(2)10(3)13-12(15)7-14(4)11-5-6-18(16,17)8-11/h9-11H,5-8H2,1-4H3,(H,13,15). The number of sulfone groups is 1. The van der Waals surface area contributed by atoms with E-state index in [2.05, 4.69) is 19.2 Å². The van der Waals surface area contributed by atoms with Gasteiger partial charge in [0.25, 0.3) is 0 Å². The molecule has 2 atom stereocenters. The van der Waals surface area contributed by atoms with Crippen LogP contribution in [0.4, 0.5) is 0 Å². The van der Waals surface area contributed by atoms with Gasteiger partial charge >= 0.3 is 0 Å². The van der Waals surface area contributed by atoms with Crippen LogP contribution in [-0.4, -0.2) is 56.4 Å². The Bertz CT molecular complexity index is 392. The summed E-state index contributed by atoms with van der Waals surface area (Å²) in [4.78, 5) is 13.6. The maximum atomic E-state index is 11.8. The molecule has 0 aromatic carbocycles. The zero-order valence-corrected chi connectivity index (χ0v) is 12.5. The number of carbonyl (C=O) groups is 1. The largest absolute Gasteiger partial charge is 0.352 e. The van der Waals surface area contributed by atoms with Crippen molar-refractivity contribution >= 4 is 15.7 Å². The lowest BCUT2D eigenvalue weighted by Crippen LogP contribution is -2.45. The molecule has 18 heavy (non-hydrogen) atoms. The molecule has 1 aliphatic rings. The maximum Gasteiger partial charge on any atom is 0.234 e. The highest BCUT2D eigenvalue weighted by Gasteiger charge is 2.31. The van der Waals surface area contributed by atoms with Crippen molar-refractivity contribution in [2.45, 2.75) is 39.3 Å². The SMILES string of the molecule is CC(C)C(C)NC(=O)CN(C)C1CCS(=O)(=O)C1. The highest BCUT2D eigenvalue weighted by molar-refractivity contribution is 7.91. The number of hydrogen-bond acceptors (Lipinski definition) is 4. The smallest absolute Gasteiger partial charge is 0.234 e. The minimum Gasteiger partial charge on any atom is -0.352 e. The van der Waals surface area contributed by atoms with Gasteiger partial charge in [-0.05, 0) is 26.3 Å². The second kappa shape index (κ2) is 6.02. The van der Waals surface area contributed by atoms with Crippen LogP contribution in [0.5, 0.6) is 0 Å². The van der Waals surface area contributed by atoms with Crippen LogP contribution < -0.4 is 5.32 Å². The van der Waals surface area contributed by atoms with E-state index in [-0.39, 0.29) is 36.0 Å². The Kier molecular flexibility index (Phi) is 5.16. The quantitative estimate of drug-likeness (QED) is 0.782. The summed E-state index contributed by atoms with van der Waals surface area (Å²) in [6.07, 6.45) is 0.631. The maximum absolute atomic E-state index is 11.8. The topological polar surface area (TPSA) is 66.5 Å². The second-order valence-electron chi connectivity index (χ2n) is 5.57. The highest BCUT2D eigenvalue weighted by Crippen LogP contribution is 2.16. The predicted octanol–water partition coefficient (Wildman–Crippen LogP) is 0.266. The first-order valence-corrected chi connectivity index (χ1v) is 8.23. The number of amides is 1. The van der Waals surface area contributed by atoms with Crippen LogP contribution in [0.25, 0.3) is 0 Å². The van der Waals surface area contributed by atoms with Crippen LogP contribution in [0.2, 0.25) is 0 Å². The Morgan fingerprint density at radius 1 is 1.39 bits per heavy atom. The first kappa shape index (κ1) is 15.4. The summed E-state index contributed by atoms with van der Waals surface area (Å²) >= 11 is 0. The van der Waals surface area contributed by atoms with Crippen LogP contribution in [0.15, 0.2) is 0 Å². The molecule has 6 heteroatoms. The summed E-state index contributed by atoms with van der Waals surface area (Å²) < 4.78 is 22.7. The fourth-order valence-corrected chi connectivity index (χ4v) is 3.75. The molecule has 2 unspecified atom stereocenters. The van der Waals surface area contributed by atoms with E-state index in [1.54, 1.807) is 0 Å². The Labute approximate surface area is 110 Å². The Hall–Kier alpha value is -0.620. The lowest BCUT2D eigenvalue weighted by molar-refractivity contribution is -0.123. The van der Waals surface area contributed by atoms with E-state index in [9.17, 15) is 13.2 Å². The van der Waals surface area contributed by atoms with Crippen LogP contribution in [0.1, 0.15) is 27.2 Å². The Morgan fingerprint density at radius 2 is 2.00 bits per heavy atom. The summed E-state index contributed by atoms with van der Waals surface area (Å²) in [6, 6.07) is 0.119. The van der Waals surface area contributed by atoms with Crippen molar-refractivity contribution in [1.82, 2.24) is 10.2 Å². The molecule has 1 rings (SSSR count). The van der Waals surface area contributed by atoms with Crippen molar-refractivity contribution in [1.29, 1.82) is 0 Å². The third-order valence-electron chi connectivity index (χ3n) is 3.61. The van der Waals surface area contributed by atoms with E-state index in [4.69, 9.17) is 0 Å². The molecule has 1 saturated heterocycles. The van der Waals surface area contributed by atoms with Crippen LogP contribution in [-0.2, 0) is 14.6 Å². The van der Waals surface area contributed by atoms with E-state index in [0.717, 1.165) is 0 Å². The molecule has 0 radical (unpaired) electrons. The first-order valence-electron chi connectivity index (χ1n) is 6.41. The molecule has 0 aromatic rings. The van der Waals surface area contributed by atoms with Crippen molar-refractivity contribution in [2.24, 2.45) is 5.92 Å². The van der Waals surface area contributed by atoms with Gasteiger partial charge in [0.05, 0.1) is 18.1 Å². The van der Waals surface area contributed by atoms with Crippen molar-refractivity contribution < 1.29 is 13.2 Å². The third kappa shape index (κ3) is 4.57.